The zero-order valence-electron chi connectivity index (χ0n) is 17.1. The van der Waals surface area contributed by atoms with Crippen LogP contribution in [-0.2, 0) is 16.1 Å². The maximum Gasteiger partial charge on any atom is 0.236 e. The Kier molecular flexibility index (Phi) is 4.36. The van der Waals surface area contributed by atoms with Crippen molar-refractivity contribution in [3.8, 4) is 0 Å². The van der Waals surface area contributed by atoms with Crippen LogP contribution in [0.25, 0.3) is 6.08 Å². The summed E-state index contributed by atoms with van der Waals surface area (Å²) in [7, 11) is 0. The van der Waals surface area contributed by atoms with Gasteiger partial charge >= 0.3 is 0 Å². The molecule has 5 nitrogen and oxygen atoms in total. The van der Waals surface area contributed by atoms with E-state index in [9.17, 15) is 14.4 Å². The zero-order chi connectivity index (χ0) is 21.8. The van der Waals surface area contributed by atoms with E-state index < -0.39 is 17.9 Å². The summed E-state index contributed by atoms with van der Waals surface area (Å²) in [4.78, 5) is 44.8. The molecule has 0 bridgehead atoms. The fourth-order valence-electron chi connectivity index (χ4n) is 5.41. The molecule has 1 aromatic heterocycles. The molecule has 6 rings (SSSR count). The molecule has 4 heterocycles. The molecule has 2 amide bonds. The summed E-state index contributed by atoms with van der Waals surface area (Å²) in [6.45, 7) is 0.232. The van der Waals surface area contributed by atoms with Crippen molar-refractivity contribution >= 4 is 35.0 Å². The highest BCUT2D eigenvalue weighted by atomic mass is 32.1. The van der Waals surface area contributed by atoms with Gasteiger partial charge in [-0.15, -0.1) is 11.3 Å². The molecular weight excluding hydrogens is 420 g/mol. The predicted molar refractivity (Wildman–Crippen MR) is 121 cm³/mol. The van der Waals surface area contributed by atoms with E-state index >= 15 is 0 Å². The number of rotatable bonds is 4. The van der Waals surface area contributed by atoms with Gasteiger partial charge in [0, 0.05) is 6.20 Å². The van der Waals surface area contributed by atoms with Crippen LogP contribution >= 0.6 is 11.3 Å². The standard InChI is InChI=1S/C26H20N2O3S/c29-24(19-11-6-14-32-19)23-21-20(22-18-10-5-4-9-17(18)12-13-27(22)23)25(30)28(26(21)31)15-16-7-2-1-3-8-16/h1-14,20-23H,15H2. The van der Waals surface area contributed by atoms with Gasteiger partial charge in [0.05, 0.1) is 29.3 Å². The molecule has 0 radical (unpaired) electrons. The Labute approximate surface area is 189 Å². The van der Waals surface area contributed by atoms with E-state index in [1.165, 1.54) is 16.2 Å². The third-order valence-corrected chi connectivity index (χ3v) is 7.65. The second kappa shape index (κ2) is 7.28. The maximum absolute atomic E-state index is 13.7. The second-order valence-electron chi connectivity index (χ2n) is 8.42. The lowest BCUT2D eigenvalue weighted by Gasteiger charge is -2.35. The summed E-state index contributed by atoms with van der Waals surface area (Å²) in [5.74, 6) is -1.80. The molecule has 3 aliphatic rings. The van der Waals surface area contributed by atoms with Crippen LogP contribution in [0.15, 0.2) is 78.3 Å². The number of nitrogens with zero attached hydrogens (tertiary/aromatic N) is 2. The minimum atomic E-state index is -0.693. The van der Waals surface area contributed by atoms with Gasteiger partial charge in [-0.05, 0) is 34.2 Å². The fourth-order valence-corrected chi connectivity index (χ4v) is 6.10. The molecular formula is C26H20N2O3S. The third kappa shape index (κ3) is 2.72. The van der Waals surface area contributed by atoms with Crippen molar-refractivity contribution in [3.05, 3.63) is 99.9 Å². The topological polar surface area (TPSA) is 57.7 Å². The number of ketones is 1. The number of carbonyl (C=O) groups excluding carboxylic acids is 3. The number of hydrogen-bond donors (Lipinski definition) is 0. The molecule has 158 valence electrons. The van der Waals surface area contributed by atoms with E-state index in [4.69, 9.17) is 0 Å². The van der Waals surface area contributed by atoms with Crippen LogP contribution in [0.4, 0.5) is 0 Å². The van der Waals surface area contributed by atoms with Crippen molar-refractivity contribution in [2.75, 3.05) is 0 Å². The summed E-state index contributed by atoms with van der Waals surface area (Å²) in [5, 5.41) is 1.86. The highest BCUT2D eigenvalue weighted by Crippen LogP contribution is 2.53. The average Bonchev–Trinajstić information content (AvgIpc) is 3.53. The van der Waals surface area contributed by atoms with Crippen molar-refractivity contribution in [3.63, 3.8) is 0 Å². The molecule has 4 atom stereocenters. The molecule has 3 aliphatic heterocycles. The van der Waals surface area contributed by atoms with E-state index in [1.807, 2.05) is 83.2 Å². The second-order valence-corrected chi connectivity index (χ2v) is 9.37. The van der Waals surface area contributed by atoms with Gasteiger partial charge < -0.3 is 4.90 Å². The monoisotopic (exact) mass is 440 g/mol. The Morgan fingerprint density at radius 2 is 1.62 bits per heavy atom. The van der Waals surface area contributed by atoms with Crippen molar-refractivity contribution in [1.82, 2.24) is 9.80 Å². The summed E-state index contributed by atoms with van der Waals surface area (Å²) in [6, 6.07) is 20.1. The van der Waals surface area contributed by atoms with Crippen molar-refractivity contribution in [2.45, 2.75) is 18.6 Å². The summed E-state index contributed by atoms with van der Waals surface area (Å²) in [6.07, 6.45) is 3.86. The minimum absolute atomic E-state index is 0.0933. The van der Waals surface area contributed by atoms with Crippen molar-refractivity contribution < 1.29 is 14.4 Å². The van der Waals surface area contributed by atoms with Crippen LogP contribution in [0.3, 0.4) is 0 Å². The van der Waals surface area contributed by atoms with Gasteiger partial charge in [0.1, 0.15) is 6.04 Å². The molecule has 4 unspecified atom stereocenters. The van der Waals surface area contributed by atoms with Gasteiger partial charge in [-0.3, -0.25) is 19.3 Å². The fraction of sp³-hybridized carbons (Fsp3) is 0.192. The first-order valence-electron chi connectivity index (χ1n) is 10.7. The van der Waals surface area contributed by atoms with Crippen LogP contribution in [0.2, 0.25) is 0 Å². The lowest BCUT2D eigenvalue weighted by Crippen LogP contribution is -2.43. The van der Waals surface area contributed by atoms with Gasteiger partial charge in [-0.1, -0.05) is 60.7 Å². The van der Waals surface area contributed by atoms with E-state index in [2.05, 4.69) is 0 Å². The molecule has 3 aromatic rings. The molecule has 0 spiro atoms. The summed E-state index contributed by atoms with van der Waals surface area (Å²) in [5.41, 5.74) is 2.92. The third-order valence-electron chi connectivity index (χ3n) is 6.77. The Balaban J connectivity index is 1.45. The highest BCUT2D eigenvalue weighted by molar-refractivity contribution is 7.12. The lowest BCUT2D eigenvalue weighted by molar-refractivity contribution is -0.142. The average molecular weight is 441 g/mol. The largest absolute Gasteiger partial charge is 0.358 e. The van der Waals surface area contributed by atoms with E-state index in [1.54, 1.807) is 6.07 Å². The molecule has 0 aliphatic carbocycles. The molecule has 32 heavy (non-hydrogen) atoms. The molecule has 2 aromatic carbocycles. The highest BCUT2D eigenvalue weighted by Gasteiger charge is 2.64. The van der Waals surface area contributed by atoms with E-state index in [0.717, 1.165) is 16.7 Å². The quantitative estimate of drug-likeness (QED) is 0.452. The van der Waals surface area contributed by atoms with Crippen LogP contribution < -0.4 is 0 Å². The van der Waals surface area contributed by atoms with Crippen LogP contribution in [0.1, 0.15) is 32.4 Å². The first-order valence-corrected chi connectivity index (χ1v) is 11.5. The van der Waals surface area contributed by atoms with Crippen molar-refractivity contribution in [1.29, 1.82) is 0 Å². The zero-order valence-corrected chi connectivity index (χ0v) is 17.9. The number of hydrogen-bond acceptors (Lipinski definition) is 5. The minimum Gasteiger partial charge on any atom is -0.358 e. The normalized spacial score (nSPS) is 25.6. The number of fused-ring (bicyclic) bond motifs is 5. The Hall–Kier alpha value is -3.51. The summed E-state index contributed by atoms with van der Waals surface area (Å²) < 4.78 is 0. The first-order chi connectivity index (χ1) is 15.6. The number of carbonyl (C=O) groups is 3. The number of imide groups is 1. The van der Waals surface area contributed by atoms with Crippen LogP contribution in [0, 0.1) is 11.8 Å². The smallest absolute Gasteiger partial charge is 0.236 e. The van der Waals surface area contributed by atoms with Crippen LogP contribution in [0.5, 0.6) is 0 Å². The van der Waals surface area contributed by atoms with E-state index in [0.29, 0.717) is 4.88 Å². The van der Waals surface area contributed by atoms with Gasteiger partial charge in [0.2, 0.25) is 11.8 Å². The number of Topliss-reactive ketones (excluding diaryl/α,β-unsaturated/α-hetero) is 1. The molecule has 2 saturated heterocycles. The SMILES string of the molecule is O=C(c1cccs1)C1C2C(=O)N(Cc3ccccc3)C(=O)C2C2c3ccccc3C=CN12. The van der Waals surface area contributed by atoms with Gasteiger partial charge in [-0.2, -0.15) is 0 Å². The van der Waals surface area contributed by atoms with Crippen LogP contribution in [-0.4, -0.2) is 33.4 Å². The number of thiophene rings is 1. The van der Waals surface area contributed by atoms with Gasteiger partial charge in [0.25, 0.3) is 0 Å². The Morgan fingerprint density at radius 3 is 2.41 bits per heavy atom. The number of amides is 2. The Bertz CT molecular complexity index is 1250. The van der Waals surface area contributed by atoms with Gasteiger partial charge in [0.15, 0.2) is 5.78 Å². The molecule has 0 N–H and O–H groups in total. The van der Waals surface area contributed by atoms with Gasteiger partial charge in [-0.25, -0.2) is 0 Å². The summed E-state index contributed by atoms with van der Waals surface area (Å²) >= 11 is 1.37. The maximum atomic E-state index is 13.7. The first kappa shape index (κ1) is 19.2. The molecule has 0 saturated carbocycles. The number of likely N-dealkylation sites (tertiary alicyclic amines) is 1. The Morgan fingerprint density at radius 1 is 0.875 bits per heavy atom. The number of benzene rings is 2. The molecule has 2 fully saturated rings. The van der Waals surface area contributed by atoms with E-state index in [-0.39, 0.29) is 30.2 Å². The molecule has 6 heteroatoms. The lowest BCUT2D eigenvalue weighted by atomic mass is 9.84. The van der Waals surface area contributed by atoms with Crippen molar-refractivity contribution in [2.24, 2.45) is 11.8 Å². The predicted octanol–water partition coefficient (Wildman–Crippen LogP) is 4.14.